The minimum absolute atomic E-state index is 0.0104. The van der Waals surface area contributed by atoms with Crippen LogP contribution < -0.4 is 5.11 Å². The molecular weight excluding hydrogens is 225 g/mol. The van der Waals surface area contributed by atoms with Crippen LogP contribution in [0.3, 0.4) is 0 Å². The van der Waals surface area contributed by atoms with Gasteiger partial charge < -0.3 is 14.8 Å². The summed E-state index contributed by atoms with van der Waals surface area (Å²) in [4.78, 5) is 23.6. The van der Waals surface area contributed by atoms with Gasteiger partial charge in [0.05, 0.1) is 0 Å². The maximum Gasteiger partial charge on any atom is 0.223 e. The van der Waals surface area contributed by atoms with E-state index < -0.39 is 11.9 Å². The second-order valence-corrected chi connectivity index (χ2v) is 4.12. The summed E-state index contributed by atoms with van der Waals surface area (Å²) >= 11 is 0. The molecule has 1 saturated heterocycles. The van der Waals surface area contributed by atoms with Gasteiger partial charge in [-0.25, -0.2) is 4.39 Å². The Morgan fingerprint density at radius 2 is 2.06 bits per heavy atom. The summed E-state index contributed by atoms with van der Waals surface area (Å²) in [6, 6.07) is 5.78. The van der Waals surface area contributed by atoms with E-state index in [1.54, 1.807) is 12.1 Å². The first kappa shape index (κ1) is 11.6. The van der Waals surface area contributed by atoms with Crippen LogP contribution in [0.2, 0.25) is 0 Å². The van der Waals surface area contributed by atoms with Gasteiger partial charge in [-0.15, -0.1) is 0 Å². The third kappa shape index (κ3) is 2.61. The molecule has 0 aliphatic carbocycles. The van der Waals surface area contributed by atoms with E-state index in [9.17, 15) is 19.1 Å². The summed E-state index contributed by atoms with van der Waals surface area (Å²) in [6.45, 7) is 0.474. The molecule has 1 aromatic rings. The van der Waals surface area contributed by atoms with Gasteiger partial charge in [0.15, 0.2) is 0 Å². The van der Waals surface area contributed by atoms with Gasteiger partial charge >= 0.3 is 0 Å². The quantitative estimate of drug-likeness (QED) is 0.737. The molecule has 0 aromatic heterocycles. The molecule has 0 spiro atoms. The zero-order valence-electron chi connectivity index (χ0n) is 9.06. The van der Waals surface area contributed by atoms with Gasteiger partial charge in [0.2, 0.25) is 5.91 Å². The van der Waals surface area contributed by atoms with E-state index in [1.165, 1.54) is 17.0 Å². The molecule has 1 atom stereocenters. The fraction of sp³-hybridized carbons (Fsp3) is 0.333. The van der Waals surface area contributed by atoms with Crippen LogP contribution in [0.15, 0.2) is 24.3 Å². The third-order valence-corrected chi connectivity index (χ3v) is 2.83. The summed E-state index contributed by atoms with van der Waals surface area (Å²) in [5.74, 6) is -2.47. The largest absolute Gasteiger partial charge is 0.550 e. The molecule has 90 valence electrons. The van der Waals surface area contributed by atoms with Crippen molar-refractivity contribution in [2.45, 2.75) is 13.0 Å². The molecule has 1 aliphatic rings. The Kier molecular flexibility index (Phi) is 3.08. The average Bonchev–Trinajstić information content (AvgIpc) is 2.64. The minimum Gasteiger partial charge on any atom is -0.550 e. The van der Waals surface area contributed by atoms with Crippen LogP contribution in [0, 0.1) is 11.7 Å². The molecule has 0 saturated carbocycles. The lowest BCUT2D eigenvalue weighted by atomic mass is 10.1. The highest BCUT2D eigenvalue weighted by atomic mass is 19.1. The van der Waals surface area contributed by atoms with Crippen molar-refractivity contribution in [3.05, 3.63) is 35.6 Å². The lowest BCUT2D eigenvalue weighted by Gasteiger charge is -2.17. The van der Waals surface area contributed by atoms with Gasteiger partial charge in [-0.1, -0.05) is 12.1 Å². The van der Waals surface area contributed by atoms with Crippen molar-refractivity contribution in [2.75, 3.05) is 6.54 Å². The van der Waals surface area contributed by atoms with Gasteiger partial charge in [0.1, 0.15) is 5.82 Å². The van der Waals surface area contributed by atoms with Crippen molar-refractivity contribution in [1.82, 2.24) is 4.90 Å². The number of likely N-dealkylation sites (tertiary alicyclic amines) is 1. The predicted octanol–water partition coefficient (Wildman–Crippen LogP) is -0.0759. The number of hydrogen-bond donors (Lipinski definition) is 0. The van der Waals surface area contributed by atoms with Crippen molar-refractivity contribution >= 4 is 11.9 Å². The molecule has 1 fully saturated rings. The molecule has 17 heavy (non-hydrogen) atoms. The summed E-state index contributed by atoms with van der Waals surface area (Å²) in [5, 5.41) is 10.7. The number of hydrogen-bond acceptors (Lipinski definition) is 3. The number of amides is 1. The Morgan fingerprint density at radius 1 is 1.41 bits per heavy atom. The van der Waals surface area contributed by atoms with Gasteiger partial charge in [0.25, 0.3) is 0 Å². The highest BCUT2D eigenvalue weighted by Gasteiger charge is 2.30. The number of aliphatic carboxylic acids is 1. The fourth-order valence-electron chi connectivity index (χ4n) is 1.89. The van der Waals surface area contributed by atoms with Crippen molar-refractivity contribution < 1.29 is 19.1 Å². The number of carbonyl (C=O) groups excluding carboxylic acids is 2. The van der Waals surface area contributed by atoms with E-state index in [2.05, 4.69) is 0 Å². The number of nitrogens with zero attached hydrogens (tertiary/aromatic N) is 1. The number of halogens is 1. The first-order chi connectivity index (χ1) is 8.06. The third-order valence-electron chi connectivity index (χ3n) is 2.83. The number of benzene rings is 1. The Morgan fingerprint density at radius 3 is 2.59 bits per heavy atom. The van der Waals surface area contributed by atoms with Crippen LogP contribution in [-0.2, 0) is 16.1 Å². The summed E-state index contributed by atoms with van der Waals surface area (Å²) in [5.41, 5.74) is 0.777. The maximum absolute atomic E-state index is 12.7. The SMILES string of the molecule is O=C([O-])[C@H]1CC(=O)N(Cc2ccc(F)cc2)C1. The number of carboxylic acid groups (broad SMARTS) is 1. The summed E-state index contributed by atoms with van der Waals surface area (Å²) < 4.78 is 12.7. The van der Waals surface area contributed by atoms with Crippen LogP contribution >= 0.6 is 0 Å². The number of rotatable bonds is 3. The van der Waals surface area contributed by atoms with Crippen LogP contribution in [0.4, 0.5) is 4.39 Å². The second kappa shape index (κ2) is 4.53. The molecule has 1 aliphatic heterocycles. The van der Waals surface area contributed by atoms with E-state index in [0.29, 0.717) is 6.54 Å². The first-order valence-electron chi connectivity index (χ1n) is 5.29. The van der Waals surface area contributed by atoms with Gasteiger partial charge in [-0.2, -0.15) is 0 Å². The molecule has 0 N–H and O–H groups in total. The summed E-state index contributed by atoms with van der Waals surface area (Å²) in [7, 11) is 0. The van der Waals surface area contributed by atoms with E-state index in [1.807, 2.05) is 0 Å². The number of carboxylic acids is 1. The van der Waals surface area contributed by atoms with Crippen molar-refractivity contribution in [1.29, 1.82) is 0 Å². The zero-order chi connectivity index (χ0) is 12.4. The molecule has 5 heteroatoms. The highest BCUT2D eigenvalue weighted by molar-refractivity contribution is 5.85. The molecule has 0 unspecified atom stereocenters. The maximum atomic E-state index is 12.7. The molecule has 2 rings (SSSR count). The zero-order valence-corrected chi connectivity index (χ0v) is 9.06. The fourth-order valence-corrected chi connectivity index (χ4v) is 1.89. The van der Waals surface area contributed by atoms with E-state index in [0.717, 1.165) is 5.56 Å². The second-order valence-electron chi connectivity index (χ2n) is 4.12. The smallest absolute Gasteiger partial charge is 0.223 e. The molecule has 1 aromatic carbocycles. The summed E-state index contributed by atoms with van der Waals surface area (Å²) in [6.07, 6.45) is -0.0104. The predicted molar refractivity (Wildman–Crippen MR) is 54.9 cm³/mol. The van der Waals surface area contributed by atoms with Gasteiger partial charge in [-0.3, -0.25) is 4.79 Å². The average molecular weight is 236 g/mol. The molecule has 0 radical (unpaired) electrons. The van der Waals surface area contributed by atoms with Crippen LogP contribution in [-0.4, -0.2) is 23.3 Å². The molecule has 1 heterocycles. The molecule has 0 bridgehead atoms. The topological polar surface area (TPSA) is 60.4 Å². The van der Waals surface area contributed by atoms with Gasteiger partial charge in [-0.05, 0) is 17.7 Å². The Hall–Kier alpha value is -1.91. The molecular formula is C12H11FNO3-. The normalized spacial score (nSPS) is 19.7. The number of carbonyl (C=O) groups is 2. The molecule has 4 nitrogen and oxygen atoms in total. The lowest BCUT2D eigenvalue weighted by molar-refractivity contribution is -0.311. The van der Waals surface area contributed by atoms with Gasteiger partial charge in [0, 0.05) is 31.4 Å². The van der Waals surface area contributed by atoms with Crippen LogP contribution in [0.5, 0.6) is 0 Å². The highest BCUT2D eigenvalue weighted by Crippen LogP contribution is 2.19. The Labute approximate surface area is 97.7 Å². The Balaban J connectivity index is 2.02. The first-order valence-corrected chi connectivity index (χ1v) is 5.29. The van der Waals surface area contributed by atoms with Crippen LogP contribution in [0.1, 0.15) is 12.0 Å². The van der Waals surface area contributed by atoms with Crippen molar-refractivity contribution in [3.63, 3.8) is 0 Å². The lowest BCUT2D eigenvalue weighted by Crippen LogP contribution is -2.33. The van der Waals surface area contributed by atoms with E-state index >= 15 is 0 Å². The Bertz CT molecular complexity index is 444. The monoisotopic (exact) mass is 236 g/mol. The van der Waals surface area contributed by atoms with Crippen LogP contribution in [0.25, 0.3) is 0 Å². The minimum atomic E-state index is -1.19. The standard InChI is InChI=1S/C12H12FNO3/c13-10-3-1-8(2-4-10)6-14-7-9(12(16)17)5-11(14)15/h1-4,9H,5-7H2,(H,16,17)/p-1/t9-/m0/s1. The van der Waals surface area contributed by atoms with E-state index in [4.69, 9.17) is 0 Å². The molecule has 1 amide bonds. The van der Waals surface area contributed by atoms with Crippen molar-refractivity contribution in [2.24, 2.45) is 5.92 Å². The van der Waals surface area contributed by atoms with E-state index in [-0.39, 0.29) is 24.7 Å². The van der Waals surface area contributed by atoms with Crippen molar-refractivity contribution in [3.8, 4) is 0 Å².